The second-order valence-corrected chi connectivity index (χ2v) is 6.72. The molecule has 1 aromatic heterocycles. The number of rotatable bonds is 4. The summed E-state index contributed by atoms with van der Waals surface area (Å²) in [5.41, 5.74) is 2.18. The SMILES string of the molecule is O=C(NCc1ccc(Cl)cc1)C1(c2c[nH]c3cc(F)ccc23)CC1. The number of nitrogens with one attached hydrogen (secondary N) is 2. The molecule has 0 bridgehead atoms. The molecule has 1 aliphatic carbocycles. The predicted octanol–water partition coefficient (Wildman–Crippen LogP) is 4.31. The van der Waals surface area contributed by atoms with Crippen molar-refractivity contribution in [3.63, 3.8) is 0 Å². The first-order chi connectivity index (χ1) is 11.6. The van der Waals surface area contributed by atoms with Gasteiger partial charge in [0.25, 0.3) is 0 Å². The highest BCUT2D eigenvalue weighted by atomic mass is 35.5. The zero-order valence-electron chi connectivity index (χ0n) is 12.9. The number of aromatic amines is 1. The van der Waals surface area contributed by atoms with Gasteiger partial charge >= 0.3 is 0 Å². The molecule has 122 valence electrons. The summed E-state index contributed by atoms with van der Waals surface area (Å²) in [7, 11) is 0. The van der Waals surface area contributed by atoms with E-state index in [1.165, 1.54) is 12.1 Å². The molecule has 1 heterocycles. The maximum absolute atomic E-state index is 13.3. The van der Waals surface area contributed by atoms with Crippen LogP contribution in [-0.4, -0.2) is 10.9 Å². The van der Waals surface area contributed by atoms with E-state index in [-0.39, 0.29) is 11.7 Å². The molecule has 1 amide bonds. The van der Waals surface area contributed by atoms with Crippen LogP contribution in [0.4, 0.5) is 4.39 Å². The van der Waals surface area contributed by atoms with Crippen LogP contribution >= 0.6 is 11.6 Å². The maximum Gasteiger partial charge on any atom is 0.231 e. The number of aromatic nitrogens is 1. The average Bonchev–Trinajstić information content (AvgIpc) is 3.28. The summed E-state index contributed by atoms with van der Waals surface area (Å²) in [5.74, 6) is -0.268. The van der Waals surface area contributed by atoms with Crippen molar-refractivity contribution in [2.24, 2.45) is 0 Å². The molecule has 0 aliphatic heterocycles. The fraction of sp³-hybridized carbons (Fsp3) is 0.211. The van der Waals surface area contributed by atoms with Crippen LogP contribution in [0.1, 0.15) is 24.0 Å². The van der Waals surface area contributed by atoms with Gasteiger partial charge in [-0.1, -0.05) is 23.7 Å². The number of halogens is 2. The Kier molecular flexibility index (Phi) is 3.57. The first-order valence-corrected chi connectivity index (χ1v) is 8.26. The van der Waals surface area contributed by atoms with Gasteiger partial charge in [0.2, 0.25) is 5.91 Å². The van der Waals surface area contributed by atoms with Crippen molar-refractivity contribution in [1.29, 1.82) is 0 Å². The Bertz CT molecular complexity index is 913. The number of carbonyl (C=O) groups excluding carboxylic acids is 1. The van der Waals surface area contributed by atoms with Crippen LogP contribution in [0.2, 0.25) is 5.02 Å². The van der Waals surface area contributed by atoms with E-state index in [0.717, 1.165) is 34.9 Å². The summed E-state index contributed by atoms with van der Waals surface area (Å²) >= 11 is 5.87. The fourth-order valence-electron chi connectivity index (χ4n) is 3.19. The highest BCUT2D eigenvalue weighted by Gasteiger charge is 2.52. The molecule has 24 heavy (non-hydrogen) atoms. The number of carbonyl (C=O) groups is 1. The van der Waals surface area contributed by atoms with Crippen molar-refractivity contribution < 1.29 is 9.18 Å². The minimum Gasteiger partial charge on any atom is -0.361 e. The largest absolute Gasteiger partial charge is 0.361 e. The molecule has 3 aromatic rings. The van der Waals surface area contributed by atoms with Crippen molar-refractivity contribution in [2.75, 3.05) is 0 Å². The van der Waals surface area contributed by atoms with Crippen LogP contribution in [0.5, 0.6) is 0 Å². The van der Waals surface area contributed by atoms with Crippen LogP contribution in [0.3, 0.4) is 0 Å². The van der Waals surface area contributed by atoms with Crippen molar-refractivity contribution in [3.8, 4) is 0 Å². The molecule has 0 saturated heterocycles. The zero-order chi connectivity index (χ0) is 16.7. The van der Waals surface area contributed by atoms with E-state index < -0.39 is 5.41 Å². The molecule has 0 atom stereocenters. The zero-order valence-corrected chi connectivity index (χ0v) is 13.7. The van der Waals surface area contributed by atoms with E-state index in [1.807, 2.05) is 30.5 Å². The van der Waals surface area contributed by atoms with Gasteiger partial charge in [0.1, 0.15) is 5.82 Å². The third-order valence-corrected chi connectivity index (χ3v) is 4.96. The Balaban J connectivity index is 1.55. The lowest BCUT2D eigenvalue weighted by molar-refractivity contribution is -0.123. The minimum atomic E-state index is -0.498. The number of hydrogen-bond acceptors (Lipinski definition) is 1. The summed E-state index contributed by atoms with van der Waals surface area (Å²) < 4.78 is 13.3. The van der Waals surface area contributed by atoms with Crippen LogP contribution in [0.25, 0.3) is 10.9 Å². The van der Waals surface area contributed by atoms with Crippen molar-refractivity contribution in [2.45, 2.75) is 24.8 Å². The molecule has 0 radical (unpaired) electrons. The van der Waals surface area contributed by atoms with Gasteiger partial charge in [-0.3, -0.25) is 4.79 Å². The molecule has 1 aliphatic rings. The van der Waals surface area contributed by atoms with Gasteiger partial charge in [0.15, 0.2) is 0 Å². The Morgan fingerprint density at radius 1 is 1.21 bits per heavy atom. The number of hydrogen-bond donors (Lipinski definition) is 2. The van der Waals surface area contributed by atoms with Gasteiger partial charge in [-0.15, -0.1) is 0 Å². The van der Waals surface area contributed by atoms with Gasteiger partial charge in [0.05, 0.1) is 5.41 Å². The monoisotopic (exact) mass is 342 g/mol. The fourth-order valence-corrected chi connectivity index (χ4v) is 3.32. The molecule has 2 N–H and O–H groups in total. The van der Waals surface area contributed by atoms with E-state index in [1.54, 1.807) is 6.07 Å². The standard InChI is InChI=1S/C19H16ClFN2O/c20-13-3-1-12(2-4-13)10-23-18(24)19(7-8-19)16-11-22-17-9-14(21)5-6-15(16)17/h1-6,9,11,22H,7-8,10H2,(H,23,24). The molecular weight excluding hydrogens is 327 g/mol. The number of fused-ring (bicyclic) bond motifs is 1. The van der Waals surface area contributed by atoms with Gasteiger partial charge in [-0.25, -0.2) is 4.39 Å². The lowest BCUT2D eigenvalue weighted by atomic mass is 9.94. The number of benzene rings is 2. The molecule has 4 rings (SSSR count). The second kappa shape index (κ2) is 5.64. The Hall–Kier alpha value is -2.33. The molecule has 0 unspecified atom stereocenters. The highest BCUT2D eigenvalue weighted by Crippen LogP contribution is 2.50. The maximum atomic E-state index is 13.3. The summed E-state index contributed by atoms with van der Waals surface area (Å²) in [5, 5.41) is 4.60. The molecule has 1 saturated carbocycles. The summed E-state index contributed by atoms with van der Waals surface area (Å²) in [4.78, 5) is 15.8. The second-order valence-electron chi connectivity index (χ2n) is 6.28. The third kappa shape index (κ3) is 2.57. The highest BCUT2D eigenvalue weighted by molar-refractivity contribution is 6.30. The summed E-state index contributed by atoms with van der Waals surface area (Å²) in [6.45, 7) is 0.467. The predicted molar refractivity (Wildman–Crippen MR) is 92.5 cm³/mol. The van der Waals surface area contributed by atoms with Gasteiger partial charge in [0, 0.05) is 28.7 Å². The average molecular weight is 343 g/mol. The smallest absolute Gasteiger partial charge is 0.231 e. The van der Waals surface area contributed by atoms with Crippen LogP contribution in [-0.2, 0) is 16.8 Å². The van der Waals surface area contributed by atoms with Crippen LogP contribution in [0.15, 0.2) is 48.7 Å². The Morgan fingerprint density at radius 2 is 1.96 bits per heavy atom. The molecule has 5 heteroatoms. The normalized spacial score (nSPS) is 15.4. The van der Waals surface area contributed by atoms with Crippen LogP contribution < -0.4 is 5.32 Å². The Labute approximate surface area is 143 Å². The van der Waals surface area contributed by atoms with Crippen LogP contribution in [0, 0.1) is 5.82 Å². The van der Waals surface area contributed by atoms with Gasteiger partial charge in [-0.2, -0.15) is 0 Å². The molecular formula is C19H16ClFN2O. The minimum absolute atomic E-state index is 0.0164. The lowest BCUT2D eigenvalue weighted by Gasteiger charge is -2.15. The van der Waals surface area contributed by atoms with Gasteiger partial charge < -0.3 is 10.3 Å². The van der Waals surface area contributed by atoms with E-state index in [2.05, 4.69) is 10.3 Å². The molecule has 3 nitrogen and oxygen atoms in total. The molecule has 1 fully saturated rings. The van der Waals surface area contributed by atoms with E-state index in [4.69, 9.17) is 11.6 Å². The first kappa shape index (κ1) is 15.2. The first-order valence-electron chi connectivity index (χ1n) is 7.88. The van der Waals surface area contributed by atoms with Crippen molar-refractivity contribution in [3.05, 3.63) is 70.6 Å². The van der Waals surface area contributed by atoms with E-state index >= 15 is 0 Å². The quantitative estimate of drug-likeness (QED) is 0.729. The van der Waals surface area contributed by atoms with Crippen molar-refractivity contribution >= 4 is 28.4 Å². The molecule has 0 spiro atoms. The lowest BCUT2D eigenvalue weighted by Crippen LogP contribution is -2.34. The van der Waals surface area contributed by atoms with Crippen molar-refractivity contribution in [1.82, 2.24) is 10.3 Å². The van der Waals surface area contributed by atoms with E-state index in [0.29, 0.717) is 11.6 Å². The summed E-state index contributed by atoms with van der Waals surface area (Å²) in [6, 6.07) is 12.0. The number of amides is 1. The van der Waals surface area contributed by atoms with E-state index in [9.17, 15) is 9.18 Å². The Morgan fingerprint density at radius 3 is 2.67 bits per heavy atom. The summed E-state index contributed by atoms with van der Waals surface area (Å²) in [6.07, 6.45) is 3.45. The molecule has 2 aromatic carbocycles. The van der Waals surface area contributed by atoms with Gasteiger partial charge in [-0.05, 0) is 54.3 Å². The third-order valence-electron chi connectivity index (χ3n) is 4.71. The number of H-pyrrole nitrogens is 1. The topological polar surface area (TPSA) is 44.9 Å².